The van der Waals surface area contributed by atoms with Crippen LogP contribution in [0.3, 0.4) is 0 Å². The molecule has 1 aromatic heterocycles. The molecule has 1 aliphatic heterocycles. The van der Waals surface area contributed by atoms with Crippen molar-refractivity contribution in [1.29, 1.82) is 0 Å². The van der Waals surface area contributed by atoms with Gasteiger partial charge >= 0.3 is 0 Å². The molecule has 1 aliphatic rings. The summed E-state index contributed by atoms with van der Waals surface area (Å²) in [6, 6.07) is 7.96. The number of hydrogen-bond donors (Lipinski definition) is 1. The lowest BCUT2D eigenvalue weighted by Crippen LogP contribution is -2.40. The molecule has 3 rings (SSSR count). The summed E-state index contributed by atoms with van der Waals surface area (Å²) < 4.78 is 22.7. The number of sulfone groups is 1. The molecule has 124 valence electrons. The van der Waals surface area contributed by atoms with Crippen LogP contribution in [0.4, 0.5) is 0 Å². The third kappa shape index (κ3) is 3.93. The van der Waals surface area contributed by atoms with Crippen LogP contribution in [0.1, 0.15) is 18.4 Å². The van der Waals surface area contributed by atoms with E-state index < -0.39 is 9.84 Å². The Morgan fingerprint density at radius 1 is 1.26 bits per heavy atom. The monoisotopic (exact) mass is 334 g/mol. The Bertz CT molecular complexity index is 802. The highest BCUT2D eigenvalue weighted by atomic mass is 32.2. The van der Waals surface area contributed by atoms with Crippen molar-refractivity contribution in [2.24, 2.45) is 5.92 Å². The van der Waals surface area contributed by atoms with Crippen LogP contribution in [-0.2, 0) is 21.1 Å². The predicted octanol–water partition coefficient (Wildman–Crippen LogP) is 1.99. The number of nitrogens with one attached hydrogen (secondary N) is 1. The second-order valence-corrected chi connectivity index (χ2v) is 8.64. The molecule has 2 heterocycles. The maximum Gasteiger partial charge on any atom is 0.227 e. The van der Waals surface area contributed by atoms with Crippen molar-refractivity contribution in [3.63, 3.8) is 0 Å². The van der Waals surface area contributed by atoms with Crippen LogP contribution in [0, 0.1) is 5.92 Å². The SMILES string of the molecule is CS(=O)(=O)CC1CCN(C(=O)Cc2c[nH]c3ccccc23)CC1. The number of aromatic nitrogens is 1. The molecule has 2 aromatic rings. The largest absolute Gasteiger partial charge is 0.361 e. The Kier molecular flexibility index (Phi) is 4.43. The molecule has 1 N–H and O–H groups in total. The zero-order chi connectivity index (χ0) is 16.4. The highest BCUT2D eigenvalue weighted by molar-refractivity contribution is 7.90. The number of nitrogens with zero attached hydrogens (tertiary/aromatic N) is 1. The minimum atomic E-state index is -2.93. The standard InChI is InChI=1S/C17H22N2O3S/c1-23(21,22)12-13-6-8-19(9-7-13)17(20)10-14-11-18-16-5-3-2-4-15(14)16/h2-5,11,13,18H,6-10,12H2,1H3. The van der Waals surface area contributed by atoms with Crippen molar-refractivity contribution >= 4 is 26.6 Å². The molecule has 0 saturated carbocycles. The van der Waals surface area contributed by atoms with Gasteiger partial charge in [-0.1, -0.05) is 18.2 Å². The van der Waals surface area contributed by atoms with Gasteiger partial charge in [-0.15, -0.1) is 0 Å². The Hall–Kier alpha value is -1.82. The minimum Gasteiger partial charge on any atom is -0.361 e. The quantitative estimate of drug-likeness (QED) is 0.929. The molecule has 6 heteroatoms. The summed E-state index contributed by atoms with van der Waals surface area (Å²) in [5.41, 5.74) is 2.06. The third-order valence-corrected chi connectivity index (χ3v) is 5.60. The van der Waals surface area contributed by atoms with Gasteiger partial charge in [-0.25, -0.2) is 8.42 Å². The molecular weight excluding hydrogens is 312 g/mol. The van der Waals surface area contributed by atoms with Gasteiger partial charge in [0.05, 0.1) is 12.2 Å². The number of piperidine rings is 1. The number of aromatic amines is 1. The number of H-pyrrole nitrogens is 1. The van der Waals surface area contributed by atoms with Crippen LogP contribution in [0.25, 0.3) is 10.9 Å². The second kappa shape index (κ2) is 6.35. The molecule has 1 amide bonds. The van der Waals surface area contributed by atoms with Crippen molar-refractivity contribution in [3.05, 3.63) is 36.0 Å². The highest BCUT2D eigenvalue weighted by Crippen LogP contribution is 2.22. The van der Waals surface area contributed by atoms with Crippen molar-refractivity contribution in [2.45, 2.75) is 19.3 Å². The number of para-hydroxylation sites is 1. The summed E-state index contributed by atoms with van der Waals surface area (Å²) in [5, 5.41) is 1.09. The van der Waals surface area contributed by atoms with E-state index in [9.17, 15) is 13.2 Å². The fraction of sp³-hybridized carbons (Fsp3) is 0.471. The van der Waals surface area contributed by atoms with Gasteiger partial charge in [0.15, 0.2) is 0 Å². The number of likely N-dealkylation sites (tertiary alicyclic amines) is 1. The summed E-state index contributed by atoms with van der Waals surface area (Å²) >= 11 is 0. The number of carbonyl (C=O) groups excluding carboxylic acids is 1. The summed E-state index contributed by atoms with van der Waals surface area (Å²) in [7, 11) is -2.93. The van der Waals surface area contributed by atoms with Crippen LogP contribution in [0.5, 0.6) is 0 Å². The lowest BCUT2D eigenvalue weighted by molar-refractivity contribution is -0.131. The molecule has 0 bridgehead atoms. The second-order valence-electron chi connectivity index (χ2n) is 6.45. The Morgan fingerprint density at radius 3 is 2.65 bits per heavy atom. The maximum absolute atomic E-state index is 12.5. The van der Waals surface area contributed by atoms with E-state index in [0.29, 0.717) is 19.5 Å². The minimum absolute atomic E-state index is 0.118. The first kappa shape index (κ1) is 16.1. The van der Waals surface area contributed by atoms with Crippen LogP contribution in [0.2, 0.25) is 0 Å². The molecule has 0 atom stereocenters. The van der Waals surface area contributed by atoms with Crippen LogP contribution in [0.15, 0.2) is 30.5 Å². The van der Waals surface area contributed by atoms with E-state index in [1.165, 1.54) is 6.26 Å². The first-order chi connectivity index (χ1) is 10.9. The fourth-order valence-electron chi connectivity index (χ4n) is 3.33. The number of carbonyl (C=O) groups is 1. The summed E-state index contributed by atoms with van der Waals surface area (Å²) in [6.07, 6.45) is 5.11. The smallest absolute Gasteiger partial charge is 0.227 e. The molecule has 0 radical (unpaired) electrons. The molecular formula is C17H22N2O3S. The van der Waals surface area contributed by atoms with Crippen molar-refractivity contribution in [1.82, 2.24) is 9.88 Å². The van der Waals surface area contributed by atoms with E-state index in [-0.39, 0.29) is 17.6 Å². The zero-order valence-corrected chi connectivity index (χ0v) is 14.1. The Morgan fingerprint density at radius 2 is 1.96 bits per heavy atom. The summed E-state index contributed by atoms with van der Waals surface area (Å²) in [6.45, 7) is 1.31. The molecule has 1 fully saturated rings. The number of fused-ring (bicyclic) bond motifs is 1. The summed E-state index contributed by atoms with van der Waals surface area (Å²) in [5.74, 6) is 0.534. The topological polar surface area (TPSA) is 70.2 Å². The predicted molar refractivity (Wildman–Crippen MR) is 91.0 cm³/mol. The first-order valence-corrected chi connectivity index (χ1v) is 9.99. The van der Waals surface area contributed by atoms with Gasteiger partial charge in [0.2, 0.25) is 5.91 Å². The molecule has 23 heavy (non-hydrogen) atoms. The van der Waals surface area contributed by atoms with Gasteiger partial charge in [0, 0.05) is 36.4 Å². The van der Waals surface area contributed by atoms with E-state index in [0.717, 1.165) is 29.3 Å². The van der Waals surface area contributed by atoms with Gasteiger partial charge in [0.25, 0.3) is 0 Å². The Balaban J connectivity index is 1.60. The van der Waals surface area contributed by atoms with Crippen molar-refractivity contribution in [2.75, 3.05) is 25.1 Å². The van der Waals surface area contributed by atoms with Gasteiger partial charge in [-0.2, -0.15) is 0 Å². The normalized spacial score (nSPS) is 16.8. The number of benzene rings is 1. The van der Waals surface area contributed by atoms with Crippen molar-refractivity contribution in [3.8, 4) is 0 Å². The zero-order valence-electron chi connectivity index (χ0n) is 13.3. The number of rotatable bonds is 4. The van der Waals surface area contributed by atoms with Gasteiger partial charge in [-0.3, -0.25) is 4.79 Å². The first-order valence-electron chi connectivity index (χ1n) is 7.93. The molecule has 0 aliphatic carbocycles. The lowest BCUT2D eigenvalue weighted by atomic mass is 9.98. The molecule has 1 aromatic carbocycles. The third-order valence-electron chi connectivity index (χ3n) is 4.52. The molecule has 0 unspecified atom stereocenters. The maximum atomic E-state index is 12.5. The average Bonchev–Trinajstić information content (AvgIpc) is 2.90. The number of amides is 1. The van der Waals surface area contributed by atoms with Crippen LogP contribution >= 0.6 is 0 Å². The Labute approximate surface area is 136 Å². The lowest BCUT2D eigenvalue weighted by Gasteiger charge is -2.31. The van der Waals surface area contributed by atoms with E-state index >= 15 is 0 Å². The van der Waals surface area contributed by atoms with E-state index in [2.05, 4.69) is 4.98 Å². The van der Waals surface area contributed by atoms with E-state index in [4.69, 9.17) is 0 Å². The molecule has 0 spiro atoms. The molecule has 1 saturated heterocycles. The van der Waals surface area contributed by atoms with Gasteiger partial charge in [0.1, 0.15) is 9.84 Å². The average molecular weight is 334 g/mol. The molecule has 5 nitrogen and oxygen atoms in total. The summed E-state index contributed by atoms with van der Waals surface area (Å²) in [4.78, 5) is 17.5. The van der Waals surface area contributed by atoms with Gasteiger partial charge in [-0.05, 0) is 30.4 Å². The number of hydrogen-bond acceptors (Lipinski definition) is 3. The van der Waals surface area contributed by atoms with E-state index in [1.54, 1.807) is 0 Å². The van der Waals surface area contributed by atoms with Gasteiger partial charge < -0.3 is 9.88 Å². The fourth-order valence-corrected chi connectivity index (χ4v) is 4.52. The highest BCUT2D eigenvalue weighted by Gasteiger charge is 2.25. The van der Waals surface area contributed by atoms with Crippen LogP contribution in [-0.4, -0.2) is 49.3 Å². The van der Waals surface area contributed by atoms with Crippen molar-refractivity contribution < 1.29 is 13.2 Å². The van der Waals surface area contributed by atoms with Crippen LogP contribution < -0.4 is 0 Å². The van der Waals surface area contributed by atoms with E-state index in [1.807, 2.05) is 35.4 Å².